The van der Waals surface area contributed by atoms with E-state index >= 15 is 0 Å². The van der Waals surface area contributed by atoms with Gasteiger partial charge in [-0.2, -0.15) is 0 Å². The van der Waals surface area contributed by atoms with Gasteiger partial charge in [-0.1, -0.05) is 43.7 Å². The highest BCUT2D eigenvalue weighted by Gasteiger charge is 2.11. The Morgan fingerprint density at radius 2 is 2.00 bits per heavy atom. The SMILES string of the molecule is CCC(CCO)CNC(=O)CCC(N)c1ccccc1. The van der Waals surface area contributed by atoms with Crippen LogP contribution in [0.5, 0.6) is 0 Å². The molecule has 0 radical (unpaired) electrons. The van der Waals surface area contributed by atoms with Crippen molar-refractivity contribution < 1.29 is 9.90 Å². The summed E-state index contributed by atoms with van der Waals surface area (Å²) in [5, 5.41) is 11.8. The van der Waals surface area contributed by atoms with Crippen molar-refractivity contribution >= 4 is 5.91 Å². The topological polar surface area (TPSA) is 75.3 Å². The maximum atomic E-state index is 11.8. The molecule has 0 bridgehead atoms. The molecule has 1 aromatic carbocycles. The third kappa shape index (κ3) is 6.17. The van der Waals surface area contributed by atoms with Crippen LogP contribution >= 0.6 is 0 Å². The summed E-state index contributed by atoms with van der Waals surface area (Å²) in [4.78, 5) is 11.8. The zero-order valence-corrected chi connectivity index (χ0v) is 12.2. The fourth-order valence-electron chi connectivity index (χ4n) is 2.13. The van der Waals surface area contributed by atoms with Crippen LogP contribution in [-0.2, 0) is 4.79 Å². The second kappa shape index (κ2) is 9.50. The zero-order chi connectivity index (χ0) is 14.8. The molecule has 0 fully saturated rings. The van der Waals surface area contributed by atoms with Gasteiger partial charge in [0.2, 0.25) is 5.91 Å². The predicted octanol–water partition coefficient (Wildman–Crippen LogP) is 1.99. The number of nitrogens with two attached hydrogens (primary N) is 1. The van der Waals surface area contributed by atoms with Gasteiger partial charge in [-0.25, -0.2) is 0 Å². The zero-order valence-electron chi connectivity index (χ0n) is 12.2. The fourth-order valence-corrected chi connectivity index (χ4v) is 2.13. The molecule has 0 aromatic heterocycles. The average molecular weight is 278 g/mol. The predicted molar refractivity (Wildman–Crippen MR) is 81.1 cm³/mol. The van der Waals surface area contributed by atoms with E-state index < -0.39 is 0 Å². The molecule has 20 heavy (non-hydrogen) atoms. The molecule has 0 saturated carbocycles. The molecule has 1 aromatic rings. The molecule has 0 spiro atoms. The second-order valence-electron chi connectivity index (χ2n) is 5.15. The lowest BCUT2D eigenvalue weighted by molar-refractivity contribution is -0.121. The summed E-state index contributed by atoms with van der Waals surface area (Å²) in [5.41, 5.74) is 7.12. The number of amides is 1. The number of aliphatic hydroxyl groups is 1. The van der Waals surface area contributed by atoms with Gasteiger partial charge in [0.1, 0.15) is 0 Å². The molecule has 4 nitrogen and oxygen atoms in total. The molecule has 4 N–H and O–H groups in total. The molecule has 1 rings (SSSR count). The molecule has 0 aliphatic carbocycles. The normalized spacial score (nSPS) is 13.8. The lowest BCUT2D eigenvalue weighted by Gasteiger charge is -2.15. The maximum absolute atomic E-state index is 11.8. The molecule has 4 heteroatoms. The number of aliphatic hydroxyl groups excluding tert-OH is 1. The van der Waals surface area contributed by atoms with Crippen molar-refractivity contribution in [2.45, 2.75) is 38.6 Å². The van der Waals surface area contributed by atoms with Gasteiger partial charge in [-0.05, 0) is 24.3 Å². The molecule has 2 atom stereocenters. The van der Waals surface area contributed by atoms with Gasteiger partial charge in [0, 0.05) is 25.6 Å². The van der Waals surface area contributed by atoms with Crippen LogP contribution in [-0.4, -0.2) is 24.2 Å². The van der Waals surface area contributed by atoms with Crippen LogP contribution in [0.1, 0.15) is 44.2 Å². The van der Waals surface area contributed by atoms with Crippen LogP contribution in [0, 0.1) is 5.92 Å². The van der Waals surface area contributed by atoms with Gasteiger partial charge in [0.25, 0.3) is 0 Å². The number of hydrogen-bond acceptors (Lipinski definition) is 3. The van der Waals surface area contributed by atoms with E-state index in [4.69, 9.17) is 10.8 Å². The van der Waals surface area contributed by atoms with Gasteiger partial charge >= 0.3 is 0 Å². The van der Waals surface area contributed by atoms with Gasteiger partial charge in [0.05, 0.1) is 0 Å². The van der Waals surface area contributed by atoms with E-state index in [-0.39, 0.29) is 18.6 Å². The number of benzene rings is 1. The quantitative estimate of drug-likeness (QED) is 0.646. The third-order valence-electron chi connectivity index (χ3n) is 3.61. The molecule has 112 valence electrons. The van der Waals surface area contributed by atoms with Crippen LogP contribution in [0.25, 0.3) is 0 Å². The average Bonchev–Trinajstić information content (AvgIpc) is 2.49. The molecule has 1 amide bonds. The summed E-state index contributed by atoms with van der Waals surface area (Å²) < 4.78 is 0. The Labute approximate surface area is 121 Å². The highest BCUT2D eigenvalue weighted by atomic mass is 16.3. The van der Waals surface area contributed by atoms with E-state index in [2.05, 4.69) is 12.2 Å². The first-order chi connectivity index (χ1) is 9.67. The van der Waals surface area contributed by atoms with Crippen LogP contribution in [0.2, 0.25) is 0 Å². The first-order valence-electron chi connectivity index (χ1n) is 7.35. The third-order valence-corrected chi connectivity index (χ3v) is 3.61. The van der Waals surface area contributed by atoms with Crippen molar-refractivity contribution in [2.75, 3.05) is 13.2 Å². The van der Waals surface area contributed by atoms with E-state index in [1.54, 1.807) is 0 Å². The van der Waals surface area contributed by atoms with E-state index in [9.17, 15) is 4.79 Å². The maximum Gasteiger partial charge on any atom is 0.220 e. The Morgan fingerprint density at radius 3 is 2.60 bits per heavy atom. The van der Waals surface area contributed by atoms with Gasteiger partial charge in [-0.15, -0.1) is 0 Å². The number of hydrogen-bond donors (Lipinski definition) is 3. The number of rotatable bonds is 9. The monoisotopic (exact) mass is 278 g/mol. The van der Waals surface area contributed by atoms with E-state index in [0.717, 1.165) is 18.4 Å². The minimum Gasteiger partial charge on any atom is -0.396 e. The molecule has 2 unspecified atom stereocenters. The first-order valence-corrected chi connectivity index (χ1v) is 7.35. The van der Waals surface area contributed by atoms with Gasteiger partial charge in [0.15, 0.2) is 0 Å². The number of carbonyl (C=O) groups excluding carboxylic acids is 1. The lowest BCUT2D eigenvalue weighted by atomic mass is 10.0. The molecular formula is C16H26N2O2. The molecule has 0 aliphatic heterocycles. The van der Waals surface area contributed by atoms with Gasteiger partial charge < -0.3 is 16.2 Å². The number of carbonyl (C=O) groups is 1. The fraction of sp³-hybridized carbons (Fsp3) is 0.562. The van der Waals surface area contributed by atoms with Crippen molar-refractivity contribution in [3.05, 3.63) is 35.9 Å². The van der Waals surface area contributed by atoms with Crippen molar-refractivity contribution in [3.63, 3.8) is 0 Å². The summed E-state index contributed by atoms with van der Waals surface area (Å²) in [7, 11) is 0. The lowest BCUT2D eigenvalue weighted by Crippen LogP contribution is -2.30. The summed E-state index contributed by atoms with van der Waals surface area (Å²) in [5.74, 6) is 0.388. The van der Waals surface area contributed by atoms with Crippen LogP contribution in [0.3, 0.4) is 0 Å². The highest BCUT2D eigenvalue weighted by Crippen LogP contribution is 2.15. The number of nitrogens with one attached hydrogen (secondary N) is 1. The Bertz CT molecular complexity index is 381. The Hall–Kier alpha value is -1.39. The minimum absolute atomic E-state index is 0.0350. The van der Waals surface area contributed by atoms with Crippen molar-refractivity contribution in [2.24, 2.45) is 11.7 Å². The first kappa shape index (κ1) is 16.7. The van der Waals surface area contributed by atoms with E-state index in [0.29, 0.717) is 25.3 Å². The van der Waals surface area contributed by atoms with Crippen molar-refractivity contribution in [1.82, 2.24) is 5.32 Å². The molecular weight excluding hydrogens is 252 g/mol. The van der Waals surface area contributed by atoms with E-state index in [1.165, 1.54) is 0 Å². The van der Waals surface area contributed by atoms with Crippen molar-refractivity contribution in [3.8, 4) is 0 Å². The second-order valence-corrected chi connectivity index (χ2v) is 5.15. The van der Waals surface area contributed by atoms with Crippen LogP contribution in [0.4, 0.5) is 0 Å². The Morgan fingerprint density at radius 1 is 1.30 bits per heavy atom. The van der Waals surface area contributed by atoms with E-state index in [1.807, 2.05) is 30.3 Å². The molecule has 0 aliphatic rings. The molecule has 0 saturated heterocycles. The van der Waals surface area contributed by atoms with Crippen molar-refractivity contribution in [1.29, 1.82) is 0 Å². The highest BCUT2D eigenvalue weighted by molar-refractivity contribution is 5.75. The molecule has 0 heterocycles. The summed E-state index contributed by atoms with van der Waals surface area (Å²) in [6, 6.07) is 9.73. The Balaban J connectivity index is 2.26. The minimum atomic E-state index is -0.0960. The van der Waals surface area contributed by atoms with Crippen LogP contribution < -0.4 is 11.1 Å². The summed E-state index contributed by atoms with van der Waals surface area (Å²) >= 11 is 0. The summed E-state index contributed by atoms with van der Waals surface area (Å²) in [6.45, 7) is 2.88. The standard InChI is InChI=1S/C16H26N2O2/c1-2-13(10-11-19)12-18-16(20)9-8-15(17)14-6-4-3-5-7-14/h3-7,13,15,19H,2,8-12,17H2,1H3,(H,18,20). The Kier molecular flexibility index (Phi) is 7.92. The summed E-state index contributed by atoms with van der Waals surface area (Å²) in [6.07, 6.45) is 2.78. The van der Waals surface area contributed by atoms with Crippen LogP contribution in [0.15, 0.2) is 30.3 Å². The van der Waals surface area contributed by atoms with Gasteiger partial charge in [-0.3, -0.25) is 4.79 Å². The smallest absolute Gasteiger partial charge is 0.220 e. The largest absolute Gasteiger partial charge is 0.396 e.